The lowest BCUT2D eigenvalue weighted by atomic mass is 10.0. The molecule has 4 nitrogen and oxygen atoms in total. The van der Waals surface area contributed by atoms with Crippen molar-refractivity contribution in [3.8, 4) is 0 Å². The van der Waals surface area contributed by atoms with E-state index in [1.165, 1.54) is 5.56 Å². The van der Waals surface area contributed by atoms with Crippen LogP contribution < -0.4 is 0 Å². The van der Waals surface area contributed by atoms with E-state index in [1.54, 1.807) is 12.5 Å². The molecule has 0 radical (unpaired) electrons. The SMILES string of the molecule is Cc1ccc(C2(Cn3ccnc3)OCC(c3ccc(Br)cc3)O2)cc1. The average molecular weight is 399 g/mol. The van der Waals surface area contributed by atoms with Crippen molar-refractivity contribution in [2.24, 2.45) is 0 Å². The number of hydrogen-bond acceptors (Lipinski definition) is 3. The lowest BCUT2D eigenvalue weighted by Crippen LogP contribution is -2.32. The molecule has 4 rings (SSSR count). The number of imidazole rings is 1. The molecule has 1 aromatic heterocycles. The van der Waals surface area contributed by atoms with Crippen LogP contribution in [0.25, 0.3) is 0 Å². The van der Waals surface area contributed by atoms with Crippen LogP contribution in [0.5, 0.6) is 0 Å². The predicted octanol–water partition coefficient (Wildman–Crippen LogP) is 4.60. The molecule has 128 valence electrons. The summed E-state index contributed by atoms with van der Waals surface area (Å²) in [5.41, 5.74) is 3.35. The summed E-state index contributed by atoms with van der Waals surface area (Å²) in [5.74, 6) is -0.813. The third-order valence-corrected chi connectivity index (χ3v) is 5.01. The molecule has 0 saturated carbocycles. The van der Waals surface area contributed by atoms with Crippen LogP contribution >= 0.6 is 15.9 Å². The third kappa shape index (κ3) is 3.40. The topological polar surface area (TPSA) is 36.3 Å². The lowest BCUT2D eigenvalue weighted by molar-refractivity contribution is -0.187. The van der Waals surface area contributed by atoms with Crippen molar-refractivity contribution in [2.45, 2.75) is 25.4 Å². The molecule has 0 aliphatic carbocycles. The summed E-state index contributed by atoms with van der Waals surface area (Å²) in [6, 6.07) is 16.5. The van der Waals surface area contributed by atoms with E-state index in [-0.39, 0.29) is 6.10 Å². The van der Waals surface area contributed by atoms with E-state index in [2.05, 4.69) is 64.2 Å². The molecule has 2 atom stereocenters. The van der Waals surface area contributed by atoms with Gasteiger partial charge in [0.05, 0.1) is 19.5 Å². The number of ether oxygens (including phenoxy) is 2. The van der Waals surface area contributed by atoms with Crippen molar-refractivity contribution in [1.82, 2.24) is 9.55 Å². The van der Waals surface area contributed by atoms with E-state index in [1.807, 2.05) is 22.9 Å². The largest absolute Gasteiger partial charge is 0.341 e. The van der Waals surface area contributed by atoms with Crippen LogP contribution in [0.1, 0.15) is 22.8 Å². The minimum atomic E-state index is -0.813. The summed E-state index contributed by atoms with van der Waals surface area (Å²) in [6.45, 7) is 3.15. The smallest absolute Gasteiger partial charge is 0.214 e. The molecular formula is C20H19BrN2O2. The van der Waals surface area contributed by atoms with Gasteiger partial charge in [0.2, 0.25) is 5.79 Å². The molecule has 1 aliphatic rings. The fourth-order valence-electron chi connectivity index (χ4n) is 3.10. The standard InChI is InChI=1S/C20H19BrN2O2/c1-15-2-6-17(7-3-15)20(13-23-11-10-22-14-23)24-12-19(25-20)16-4-8-18(21)9-5-16/h2-11,14,19H,12-13H2,1H3. The van der Waals surface area contributed by atoms with Crippen molar-refractivity contribution >= 4 is 15.9 Å². The van der Waals surface area contributed by atoms with Crippen molar-refractivity contribution < 1.29 is 9.47 Å². The molecule has 0 N–H and O–H groups in total. The summed E-state index contributed by atoms with van der Waals surface area (Å²) in [5, 5.41) is 0. The van der Waals surface area contributed by atoms with Gasteiger partial charge >= 0.3 is 0 Å². The Bertz CT molecular complexity index is 831. The van der Waals surface area contributed by atoms with Crippen molar-refractivity contribution in [3.63, 3.8) is 0 Å². The van der Waals surface area contributed by atoms with Gasteiger partial charge in [0.1, 0.15) is 6.10 Å². The zero-order valence-electron chi connectivity index (χ0n) is 13.9. The van der Waals surface area contributed by atoms with Gasteiger partial charge in [0, 0.05) is 22.4 Å². The van der Waals surface area contributed by atoms with E-state index in [0.29, 0.717) is 13.2 Å². The first-order valence-electron chi connectivity index (χ1n) is 8.25. The van der Waals surface area contributed by atoms with Gasteiger partial charge in [-0.15, -0.1) is 0 Å². The molecule has 1 aliphatic heterocycles. The number of aryl methyl sites for hydroxylation is 1. The minimum Gasteiger partial charge on any atom is -0.341 e. The number of halogens is 1. The van der Waals surface area contributed by atoms with Crippen LogP contribution in [0.3, 0.4) is 0 Å². The quantitative estimate of drug-likeness (QED) is 0.644. The first kappa shape index (κ1) is 16.5. The molecule has 0 bridgehead atoms. The maximum Gasteiger partial charge on any atom is 0.214 e. The Morgan fingerprint density at radius 1 is 1.16 bits per heavy atom. The van der Waals surface area contributed by atoms with Crippen molar-refractivity contribution in [2.75, 3.05) is 6.61 Å². The van der Waals surface area contributed by atoms with Gasteiger partial charge in [-0.1, -0.05) is 57.9 Å². The molecule has 5 heteroatoms. The van der Waals surface area contributed by atoms with Gasteiger partial charge in [-0.2, -0.15) is 0 Å². The molecule has 0 amide bonds. The fraction of sp³-hybridized carbons (Fsp3) is 0.250. The summed E-state index contributed by atoms with van der Waals surface area (Å²) in [4.78, 5) is 4.14. The predicted molar refractivity (Wildman–Crippen MR) is 99.0 cm³/mol. The van der Waals surface area contributed by atoms with E-state index < -0.39 is 5.79 Å². The zero-order valence-corrected chi connectivity index (χ0v) is 15.5. The summed E-state index contributed by atoms with van der Waals surface area (Å²) in [6.07, 6.45) is 5.38. The Morgan fingerprint density at radius 2 is 1.92 bits per heavy atom. The second-order valence-corrected chi connectivity index (χ2v) is 7.24. The lowest BCUT2D eigenvalue weighted by Gasteiger charge is -2.29. The van der Waals surface area contributed by atoms with Gasteiger partial charge in [-0.05, 0) is 24.6 Å². The van der Waals surface area contributed by atoms with Crippen LogP contribution in [0.15, 0.2) is 71.7 Å². The average Bonchev–Trinajstić information content (AvgIpc) is 3.27. The van der Waals surface area contributed by atoms with Gasteiger partial charge in [0.25, 0.3) is 0 Å². The highest BCUT2D eigenvalue weighted by atomic mass is 79.9. The second kappa shape index (κ2) is 6.75. The number of aromatic nitrogens is 2. The van der Waals surface area contributed by atoms with E-state index in [9.17, 15) is 0 Å². The Labute approximate surface area is 155 Å². The molecule has 0 spiro atoms. The zero-order chi connectivity index (χ0) is 17.3. The summed E-state index contributed by atoms with van der Waals surface area (Å²) < 4.78 is 15.8. The van der Waals surface area contributed by atoms with Gasteiger partial charge < -0.3 is 14.0 Å². The van der Waals surface area contributed by atoms with Crippen LogP contribution in [-0.2, 0) is 21.8 Å². The highest BCUT2D eigenvalue weighted by Crippen LogP contribution is 2.42. The monoisotopic (exact) mass is 398 g/mol. The fourth-order valence-corrected chi connectivity index (χ4v) is 3.37. The number of hydrogen-bond donors (Lipinski definition) is 0. The summed E-state index contributed by atoms with van der Waals surface area (Å²) in [7, 11) is 0. The highest BCUT2D eigenvalue weighted by molar-refractivity contribution is 9.10. The highest BCUT2D eigenvalue weighted by Gasteiger charge is 2.44. The minimum absolute atomic E-state index is 0.0991. The molecule has 2 heterocycles. The molecule has 25 heavy (non-hydrogen) atoms. The molecule has 2 aromatic carbocycles. The van der Waals surface area contributed by atoms with E-state index >= 15 is 0 Å². The molecule has 1 saturated heterocycles. The number of benzene rings is 2. The van der Waals surface area contributed by atoms with Crippen LogP contribution in [0.2, 0.25) is 0 Å². The first-order valence-corrected chi connectivity index (χ1v) is 9.04. The molecular weight excluding hydrogens is 380 g/mol. The van der Waals surface area contributed by atoms with Crippen molar-refractivity contribution in [3.05, 3.63) is 88.4 Å². The van der Waals surface area contributed by atoms with Gasteiger partial charge in [-0.3, -0.25) is 0 Å². The molecule has 3 aromatic rings. The van der Waals surface area contributed by atoms with Crippen LogP contribution in [0, 0.1) is 6.92 Å². The van der Waals surface area contributed by atoms with Gasteiger partial charge in [0.15, 0.2) is 0 Å². The van der Waals surface area contributed by atoms with Crippen molar-refractivity contribution in [1.29, 1.82) is 0 Å². The second-order valence-electron chi connectivity index (χ2n) is 6.32. The Hall–Kier alpha value is -1.95. The molecule has 1 fully saturated rings. The maximum absolute atomic E-state index is 6.49. The Kier molecular flexibility index (Phi) is 4.46. The number of nitrogens with zero attached hydrogens (tertiary/aromatic N) is 2. The molecule has 2 unspecified atom stereocenters. The Balaban J connectivity index is 1.67. The summed E-state index contributed by atoms with van der Waals surface area (Å²) >= 11 is 3.48. The Morgan fingerprint density at radius 3 is 2.60 bits per heavy atom. The van der Waals surface area contributed by atoms with E-state index in [4.69, 9.17) is 9.47 Å². The van der Waals surface area contributed by atoms with E-state index in [0.717, 1.165) is 15.6 Å². The van der Waals surface area contributed by atoms with Crippen LogP contribution in [-0.4, -0.2) is 16.2 Å². The normalized spacial score (nSPS) is 23.0. The maximum atomic E-state index is 6.49. The third-order valence-electron chi connectivity index (χ3n) is 4.48. The van der Waals surface area contributed by atoms with Crippen LogP contribution in [0.4, 0.5) is 0 Å². The number of rotatable bonds is 4. The first-order chi connectivity index (χ1) is 12.1. The van der Waals surface area contributed by atoms with Gasteiger partial charge in [-0.25, -0.2) is 4.98 Å².